The molecule has 2 bridgehead atoms. The highest BCUT2D eigenvalue weighted by atomic mass is 28.4. The zero-order valence-electron chi connectivity index (χ0n) is 12.0. The van der Waals surface area contributed by atoms with Crippen LogP contribution in [0.5, 0.6) is 0 Å². The molecule has 3 fully saturated rings. The molecular formula is C14H28O2Si. The minimum absolute atomic E-state index is 0.0481. The molecule has 2 nitrogen and oxygen atoms in total. The number of fused-ring (bicyclic) bond motifs is 3. The van der Waals surface area contributed by atoms with Gasteiger partial charge in [-0.1, -0.05) is 20.8 Å². The van der Waals surface area contributed by atoms with Gasteiger partial charge in [-0.05, 0) is 55.7 Å². The van der Waals surface area contributed by atoms with Crippen molar-refractivity contribution in [1.29, 1.82) is 0 Å². The van der Waals surface area contributed by atoms with Gasteiger partial charge in [-0.3, -0.25) is 0 Å². The number of aliphatic hydroxyl groups is 1. The van der Waals surface area contributed by atoms with Crippen molar-refractivity contribution >= 4 is 8.32 Å². The summed E-state index contributed by atoms with van der Waals surface area (Å²) < 4.78 is 6.55. The molecular weight excluding hydrogens is 228 g/mol. The van der Waals surface area contributed by atoms with E-state index < -0.39 is 8.32 Å². The highest BCUT2D eigenvalue weighted by Crippen LogP contribution is 2.46. The van der Waals surface area contributed by atoms with Gasteiger partial charge in [-0.25, -0.2) is 0 Å². The van der Waals surface area contributed by atoms with Crippen molar-refractivity contribution in [1.82, 2.24) is 0 Å². The van der Waals surface area contributed by atoms with Gasteiger partial charge in [-0.15, -0.1) is 0 Å². The molecule has 17 heavy (non-hydrogen) atoms. The van der Waals surface area contributed by atoms with Gasteiger partial charge in [0.1, 0.15) is 0 Å². The highest BCUT2D eigenvalue weighted by Gasteiger charge is 2.46. The van der Waals surface area contributed by atoms with Crippen LogP contribution in [-0.2, 0) is 4.43 Å². The van der Waals surface area contributed by atoms with Gasteiger partial charge in [-0.2, -0.15) is 0 Å². The van der Waals surface area contributed by atoms with Crippen molar-refractivity contribution in [3.05, 3.63) is 0 Å². The van der Waals surface area contributed by atoms with Crippen molar-refractivity contribution in [2.45, 2.75) is 76.8 Å². The number of aliphatic hydroxyl groups excluding tert-OH is 1. The molecule has 0 saturated heterocycles. The van der Waals surface area contributed by atoms with Gasteiger partial charge in [0.2, 0.25) is 0 Å². The average molecular weight is 256 g/mol. The molecule has 3 rings (SSSR count). The fourth-order valence-corrected chi connectivity index (χ4v) is 4.44. The van der Waals surface area contributed by atoms with Crippen molar-refractivity contribution in [2.24, 2.45) is 11.8 Å². The largest absolute Gasteiger partial charge is 0.414 e. The SMILES string of the molecule is CC(C)(C)[Si](C)(C)O[C@H]1C[C@@H]2CC[C@H]1C[C@H]2O. The summed E-state index contributed by atoms with van der Waals surface area (Å²) >= 11 is 0. The Hall–Kier alpha value is 0.137. The first-order valence-electron chi connectivity index (χ1n) is 7.06. The van der Waals surface area contributed by atoms with Crippen molar-refractivity contribution < 1.29 is 9.53 Å². The van der Waals surface area contributed by atoms with E-state index in [0.29, 0.717) is 23.0 Å². The maximum Gasteiger partial charge on any atom is 0.192 e. The summed E-state index contributed by atoms with van der Waals surface area (Å²) in [7, 11) is -1.63. The summed E-state index contributed by atoms with van der Waals surface area (Å²) in [6.45, 7) is 11.6. The van der Waals surface area contributed by atoms with Crippen LogP contribution in [0.1, 0.15) is 46.5 Å². The molecule has 4 atom stereocenters. The molecule has 0 aromatic rings. The Morgan fingerprint density at radius 1 is 1.06 bits per heavy atom. The molecule has 0 heterocycles. The second-order valence-corrected chi connectivity index (χ2v) is 12.3. The Labute approximate surface area is 107 Å². The molecule has 0 spiro atoms. The predicted molar refractivity (Wildman–Crippen MR) is 73.5 cm³/mol. The van der Waals surface area contributed by atoms with E-state index in [9.17, 15) is 5.11 Å². The summed E-state index contributed by atoms with van der Waals surface area (Å²) in [4.78, 5) is 0. The number of hydrogen-bond donors (Lipinski definition) is 1. The third-order valence-corrected chi connectivity index (χ3v) is 9.81. The summed E-state index contributed by atoms with van der Waals surface area (Å²) in [6, 6.07) is 0. The third kappa shape index (κ3) is 2.61. The molecule has 0 unspecified atom stereocenters. The minimum atomic E-state index is -1.63. The average Bonchev–Trinajstić information content (AvgIpc) is 2.17. The van der Waals surface area contributed by atoms with E-state index in [4.69, 9.17) is 4.43 Å². The van der Waals surface area contributed by atoms with E-state index in [0.717, 1.165) is 12.8 Å². The molecule has 3 heteroatoms. The topological polar surface area (TPSA) is 29.5 Å². The number of hydrogen-bond acceptors (Lipinski definition) is 2. The highest BCUT2D eigenvalue weighted by molar-refractivity contribution is 6.74. The summed E-state index contributed by atoms with van der Waals surface area (Å²) in [5.41, 5.74) is 0. The molecule has 0 radical (unpaired) electrons. The second kappa shape index (κ2) is 4.36. The van der Waals surface area contributed by atoms with Crippen LogP contribution in [0.2, 0.25) is 18.1 Å². The molecule has 0 aliphatic heterocycles. The fourth-order valence-electron chi connectivity index (χ4n) is 3.04. The van der Waals surface area contributed by atoms with E-state index in [2.05, 4.69) is 33.9 Å². The quantitative estimate of drug-likeness (QED) is 0.766. The molecule has 1 N–H and O–H groups in total. The van der Waals surface area contributed by atoms with Crippen LogP contribution < -0.4 is 0 Å². The summed E-state index contributed by atoms with van der Waals surface area (Å²) in [5.74, 6) is 1.12. The van der Waals surface area contributed by atoms with Crippen molar-refractivity contribution in [3.63, 3.8) is 0 Å². The van der Waals surface area contributed by atoms with Crippen LogP contribution in [0.25, 0.3) is 0 Å². The maximum absolute atomic E-state index is 9.93. The first kappa shape index (κ1) is 13.6. The fraction of sp³-hybridized carbons (Fsp3) is 1.00. The molecule has 3 aliphatic carbocycles. The Morgan fingerprint density at radius 2 is 1.65 bits per heavy atom. The lowest BCUT2D eigenvalue weighted by Crippen LogP contribution is -2.51. The Balaban J connectivity index is 2.02. The van der Waals surface area contributed by atoms with Gasteiger partial charge in [0.05, 0.1) is 6.10 Å². The summed E-state index contributed by atoms with van der Waals surface area (Å²) in [6.07, 6.45) is 4.93. The van der Waals surface area contributed by atoms with Crippen LogP contribution in [0.15, 0.2) is 0 Å². The lowest BCUT2D eigenvalue weighted by molar-refractivity contribution is -0.0660. The Morgan fingerprint density at radius 3 is 2.06 bits per heavy atom. The molecule has 0 aromatic carbocycles. The predicted octanol–water partition coefficient (Wildman–Crippen LogP) is 3.56. The normalized spacial score (nSPS) is 38.5. The smallest absolute Gasteiger partial charge is 0.192 e. The van der Waals surface area contributed by atoms with E-state index in [1.54, 1.807) is 0 Å². The van der Waals surface area contributed by atoms with E-state index in [-0.39, 0.29) is 6.10 Å². The zero-order valence-corrected chi connectivity index (χ0v) is 13.0. The van der Waals surface area contributed by atoms with Crippen LogP contribution in [-0.4, -0.2) is 25.6 Å². The van der Waals surface area contributed by atoms with Crippen LogP contribution in [0, 0.1) is 11.8 Å². The van der Waals surface area contributed by atoms with Crippen LogP contribution in [0.4, 0.5) is 0 Å². The van der Waals surface area contributed by atoms with E-state index in [1.807, 2.05) is 0 Å². The van der Waals surface area contributed by atoms with Crippen LogP contribution in [0.3, 0.4) is 0 Å². The Kier molecular flexibility index (Phi) is 3.48. The molecule has 0 amide bonds. The minimum Gasteiger partial charge on any atom is -0.414 e. The maximum atomic E-state index is 9.93. The van der Waals surface area contributed by atoms with Crippen molar-refractivity contribution in [3.8, 4) is 0 Å². The first-order chi connectivity index (χ1) is 7.71. The standard InChI is InChI=1S/C14H28O2Si/c1-14(2,3)17(4,5)16-13-9-10-6-7-11(13)8-12(10)15/h10-13,15H,6-9H2,1-5H3/t10-,11-,12+,13-/m0/s1. The van der Waals surface area contributed by atoms with Gasteiger partial charge in [0.25, 0.3) is 0 Å². The van der Waals surface area contributed by atoms with Gasteiger partial charge in [0, 0.05) is 6.10 Å². The molecule has 0 aromatic heterocycles. The van der Waals surface area contributed by atoms with Crippen LogP contribution >= 0.6 is 0 Å². The number of rotatable bonds is 2. The first-order valence-corrected chi connectivity index (χ1v) is 9.97. The lowest BCUT2D eigenvalue weighted by atomic mass is 9.67. The zero-order chi connectivity index (χ0) is 12.8. The third-order valence-electron chi connectivity index (χ3n) is 5.31. The van der Waals surface area contributed by atoms with Gasteiger partial charge in [0.15, 0.2) is 8.32 Å². The molecule has 3 aliphatic rings. The van der Waals surface area contributed by atoms with Gasteiger partial charge < -0.3 is 9.53 Å². The van der Waals surface area contributed by atoms with Gasteiger partial charge >= 0.3 is 0 Å². The molecule has 100 valence electrons. The van der Waals surface area contributed by atoms with Crippen molar-refractivity contribution in [2.75, 3.05) is 0 Å². The monoisotopic (exact) mass is 256 g/mol. The summed E-state index contributed by atoms with van der Waals surface area (Å²) in [5, 5.41) is 10.2. The second-order valence-electron chi connectivity index (χ2n) is 7.55. The molecule has 3 saturated carbocycles. The van der Waals surface area contributed by atoms with E-state index >= 15 is 0 Å². The Bertz CT molecular complexity index is 282. The van der Waals surface area contributed by atoms with E-state index in [1.165, 1.54) is 12.8 Å². The lowest BCUT2D eigenvalue weighted by Gasteiger charge is -2.49.